The number of hydrogen-bond donors (Lipinski definition) is 2. The van der Waals surface area contributed by atoms with E-state index in [1.54, 1.807) is 30.4 Å². The molecule has 2 N–H and O–H groups in total. The number of aliphatic hydroxyl groups is 2. The molecule has 1 aliphatic carbocycles. The van der Waals surface area contributed by atoms with E-state index in [0.29, 0.717) is 16.7 Å². The van der Waals surface area contributed by atoms with Gasteiger partial charge in [0.15, 0.2) is 9.84 Å². The van der Waals surface area contributed by atoms with Gasteiger partial charge in [0, 0.05) is 18.0 Å². The minimum atomic E-state index is -3.31. The first-order valence-corrected chi connectivity index (χ1v) is 9.77. The van der Waals surface area contributed by atoms with Gasteiger partial charge in [0.2, 0.25) is 5.95 Å². The van der Waals surface area contributed by atoms with E-state index < -0.39 is 21.2 Å². The third kappa shape index (κ3) is 3.46. The largest absolute Gasteiger partial charge is 0.395 e. The van der Waals surface area contributed by atoms with Crippen LogP contribution in [0.25, 0.3) is 11.1 Å². The molecule has 5 nitrogen and oxygen atoms in total. The number of nitrogens with zero attached hydrogens (tertiary/aromatic N) is 1. The van der Waals surface area contributed by atoms with Crippen LogP contribution in [-0.4, -0.2) is 43.1 Å². The molecule has 0 bridgehead atoms. The molecule has 0 spiro atoms. The SMILES string of the molecule is CS(=O)(=O)c1ccc(C2=CC(CO)(CO)C=C2c2ccc(F)nc2)cc1. The van der Waals surface area contributed by atoms with E-state index >= 15 is 0 Å². The molecule has 0 fully saturated rings. The van der Waals surface area contributed by atoms with Crippen molar-refractivity contribution in [1.29, 1.82) is 0 Å². The lowest BCUT2D eigenvalue weighted by Crippen LogP contribution is -2.23. The van der Waals surface area contributed by atoms with E-state index in [2.05, 4.69) is 4.98 Å². The third-order valence-corrected chi connectivity index (χ3v) is 5.50. The van der Waals surface area contributed by atoms with Crippen molar-refractivity contribution in [2.45, 2.75) is 4.90 Å². The zero-order valence-corrected chi connectivity index (χ0v) is 14.9. The molecule has 0 radical (unpaired) electrons. The van der Waals surface area contributed by atoms with Crippen molar-refractivity contribution in [1.82, 2.24) is 4.98 Å². The molecule has 0 aliphatic heterocycles. The average molecular weight is 375 g/mol. The maximum atomic E-state index is 13.2. The van der Waals surface area contributed by atoms with Gasteiger partial charge < -0.3 is 10.2 Å². The predicted octanol–water partition coefficient (Wildman–Crippen LogP) is 2.08. The average Bonchev–Trinajstić information content (AvgIpc) is 3.02. The van der Waals surface area contributed by atoms with Crippen LogP contribution < -0.4 is 0 Å². The van der Waals surface area contributed by atoms with E-state index in [9.17, 15) is 23.0 Å². The Morgan fingerprint density at radius 2 is 1.50 bits per heavy atom. The second kappa shape index (κ2) is 6.75. The molecule has 26 heavy (non-hydrogen) atoms. The van der Waals surface area contributed by atoms with Gasteiger partial charge in [-0.2, -0.15) is 4.39 Å². The molecule has 2 aromatic rings. The number of benzene rings is 1. The Balaban J connectivity index is 2.10. The van der Waals surface area contributed by atoms with Gasteiger partial charge in [-0.05, 0) is 41.0 Å². The van der Waals surface area contributed by atoms with Crippen LogP contribution in [0.1, 0.15) is 11.1 Å². The molecule has 0 saturated heterocycles. The second-order valence-electron chi connectivity index (χ2n) is 6.33. The maximum absolute atomic E-state index is 13.2. The highest BCUT2D eigenvalue weighted by molar-refractivity contribution is 7.90. The van der Waals surface area contributed by atoms with Crippen LogP contribution in [0.4, 0.5) is 4.39 Å². The number of hydrogen-bond acceptors (Lipinski definition) is 5. The Labute approximate surface area is 151 Å². The zero-order chi connectivity index (χ0) is 18.9. The number of halogens is 1. The van der Waals surface area contributed by atoms with E-state index in [4.69, 9.17) is 0 Å². The first-order chi connectivity index (χ1) is 12.3. The third-order valence-electron chi connectivity index (χ3n) is 4.37. The van der Waals surface area contributed by atoms with Crippen LogP contribution in [0.15, 0.2) is 59.6 Å². The quantitative estimate of drug-likeness (QED) is 0.782. The molecule has 1 aromatic carbocycles. The summed E-state index contributed by atoms with van der Waals surface area (Å²) >= 11 is 0. The van der Waals surface area contributed by atoms with Crippen LogP contribution >= 0.6 is 0 Å². The Kier molecular flexibility index (Phi) is 4.79. The minimum absolute atomic E-state index is 0.199. The smallest absolute Gasteiger partial charge is 0.212 e. The fraction of sp³-hybridized carbons (Fsp3) is 0.211. The van der Waals surface area contributed by atoms with Crippen molar-refractivity contribution < 1.29 is 23.0 Å². The number of rotatable bonds is 5. The summed E-state index contributed by atoms with van der Waals surface area (Å²) in [7, 11) is -3.31. The van der Waals surface area contributed by atoms with Crippen LogP contribution in [0.5, 0.6) is 0 Å². The summed E-state index contributed by atoms with van der Waals surface area (Å²) in [5, 5.41) is 19.5. The first-order valence-electron chi connectivity index (χ1n) is 7.88. The van der Waals surface area contributed by atoms with Gasteiger partial charge in [-0.15, -0.1) is 0 Å². The van der Waals surface area contributed by atoms with Crippen LogP contribution in [0.2, 0.25) is 0 Å². The fourth-order valence-corrected chi connectivity index (χ4v) is 3.53. The highest BCUT2D eigenvalue weighted by Gasteiger charge is 2.32. The molecule has 1 aliphatic rings. The molecule has 1 heterocycles. The van der Waals surface area contributed by atoms with Crippen molar-refractivity contribution in [2.24, 2.45) is 5.41 Å². The number of sulfone groups is 1. The van der Waals surface area contributed by atoms with Crippen LogP contribution in [-0.2, 0) is 9.84 Å². The van der Waals surface area contributed by atoms with Gasteiger partial charge in [-0.3, -0.25) is 0 Å². The summed E-state index contributed by atoms with van der Waals surface area (Å²) in [5.74, 6) is -0.606. The molecule has 0 unspecified atom stereocenters. The molecule has 0 amide bonds. The highest BCUT2D eigenvalue weighted by Crippen LogP contribution is 2.43. The summed E-state index contributed by atoms with van der Waals surface area (Å²) in [5.41, 5.74) is 1.80. The topological polar surface area (TPSA) is 87.5 Å². The van der Waals surface area contributed by atoms with E-state index in [0.717, 1.165) is 11.8 Å². The van der Waals surface area contributed by atoms with Gasteiger partial charge in [0.1, 0.15) is 0 Å². The fourth-order valence-electron chi connectivity index (χ4n) is 2.90. The number of aromatic nitrogens is 1. The minimum Gasteiger partial charge on any atom is -0.395 e. The number of pyridine rings is 1. The summed E-state index contributed by atoms with van der Waals surface area (Å²) in [6.45, 7) is -0.598. The second-order valence-corrected chi connectivity index (χ2v) is 8.35. The van der Waals surface area contributed by atoms with E-state index in [1.165, 1.54) is 24.4 Å². The van der Waals surface area contributed by atoms with Crippen LogP contribution in [0, 0.1) is 11.4 Å². The van der Waals surface area contributed by atoms with Gasteiger partial charge in [-0.25, -0.2) is 13.4 Å². The number of allylic oxidation sites excluding steroid dienone is 2. The lowest BCUT2D eigenvalue weighted by molar-refractivity contribution is 0.131. The molecular formula is C19H18FNO4S. The molecular weight excluding hydrogens is 357 g/mol. The van der Waals surface area contributed by atoms with Gasteiger partial charge in [-0.1, -0.05) is 24.3 Å². The van der Waals surface area contributed by atoms with Crippen molar-refractivity contribution in [2.75, 3.05) is 19.5 Å². The molecule has 0 atom stereocenters. The first kappa shape index (κ1) is 18.4. The Hall–Kier alpha value is -2.35. The molecule has 3 rings (SSSR count). The summed E-state index contributed by atoms with van der Waals surface area (Å²) in [6.07, 6.45) is 5.97. The molecule has 136 valence electrons. The number of aliphatic hydroxyl groups excluding tert-OH is 2. The Morgan fingerprint density at radius 1 is 0.962 bits per heavy atom. The van der Waals surface area contributed by atoms with Crippen molar-refractivity contribution >= 4 is 21.0 Å². The van der Waals surface area contributed by atoms with Gasteiger partial charge in [0.05, 0.1) is 23.5 Å². The summed E-state index contributed by atoms with van der Waals surface area (Å²) in [6, 6.07) is 9.14. The zero-order valence-electron chi connectivity index (χ0n) is 14.1. The van der Waals surface area contributed by atoms with Crippen molar-refractivity contribution in [3.05, 3.63) is 71.8 Å². The van der Waals surface area contributed by atoms with Crippen molar-refractivity contribution in [3.8, 4) is 0 Å². The summed E-state index contributed by atoms with van der Waals surface area (Å²) < 4.78 is 36.4. The maximum Gasteiger partial charge on any atom is 0.212 e. The molecule has 7 heteroatoms. The van der Waals surface area contributed by atoms with Crippen LogP contribution in [0.3, 0.4) is 0 Å². The van der Waals surface area contributed by atoms with E-state index in [1.807, 2.05) is 0 Å². The monoisotopic (exact) mass is 375 g/mol. The normalized spacial score (nSPS) is 16.3. The lowest BCUT2D eigenvalue weighted by atomic mass is 9.92. The van der Waals surface area contributed by atoms with Gasteiger partial charge >= 0.3 is 0 Å². The highest BCUT2D eigenvalue weighted by atomic mass is 32.2. The molecule has 1 aromatic heterocycles. The Bertz CT molecular complexity index is 973. The van der Waals surface area contributed by atoms with Crippen molar-refractivity contribution in [3.63, 3.8) is 0 Å². The summed E-state index contributed by atoms with van der Waals surface area (Å²) in [4.78, 5) is 3.86. The molecule has 0 saturated carbocycles. The predicted molar refractivity (Wildman–Crippen MR) is 96.3 cm³/mol. The standard InChI is InChI=1S/C19H18FNO4S/c1-26(24,25)15-5-2-13(3-6-15)16-8-19(11-22,12-23)9-17(16)14-4-7-18(20)21-10-14/h2-10,22-23H,11-12H2,1H3. The lowest BCUT2D eigenvalue weighted by Gasteiger charge is -2.18. The van der Waals surface area contributed by atoms with Gasteiger partial charge in [0.25, 0.3) is 0 Å². The Morgan fingerprint density at radius 3 is 1.96 bits per heavy atom. The van der Waals surface area contributed by atoms with E-state index in [-0.39, 0.29) is 18.1 Å².